The predicted molar refractivity (Wildman–Crippen MR) is 59.7 cm³/mol. The second-order valence-electron chi connectivity index (χ2n) is 4.08. The number of carbonyl (C=O) groups is 1. The smallest absolute Gasteiger partial charge is 0.185 e. The Hall–Kier alpha value is -1.16. The van der Waals surface area contributed by atoms with Crippen LogP contribution in [0.4, 0.5) is 0 Å². The van der Waals surface area contributed by atoms with E-state index in [1.165, 1.54) is 0 Å². The number of hydrogen-bond donors (Lipinski definition) is 1. The van der Waals surface area contributed by atoms with Crippen LogP contribution in [0.3, 0.4) is 0 Å². The molecule has 0 bridgehead atoms. The molecule has 15 heavy (non-hydrogen) atoms. The van der Waals surface area contributed by atoms with Crippen molar-refractivity contribution in [3.8, 4) is 0 Å². The van der Waals surface area contributed by atoms with E-state index in [4.69, 9.17) is 5.73 Å². The van der Waals surface area contributed by atoms with Crippen LogP contribution >= 0.6 is 0 Å². The molecule has 0 saturated carbocycles. The molecule has 0 aliphatic heterocycles. The molecule has 1 unspecified atom stereocenters. The summed E-state index contributed by atoms with van der Waals surface area (Å²) in [6.45, 7) is 6.55. The first kappa shape index (κ1) is 11.9. The molecule has 84 valence electrons. The van der Waals surface area contributed by atoms with E-state index in [9.17, 15) is 4.79 Å². The first-order valence-corrected chi connectivity index (χ1v) is 5.37. The molecule has 0 saturated heterocycles. The summed E-state index contributed by atoms with van der Waals surface area (Å²) in [6, 6.07) is 0. The Balaban J connectivity index is 2.84. The Morgan fingerprint density at radius 1 is 1.60 bits per heavy atom. The Morgan fingerprint density at radius 2 is 2.27 bits per heavy atom. The van der Waals surface area contributed by atoms with Gasteiger partial charge in [-0.1, -0.05) is 13.3 Å². The summed E-state index contributed by atoms with van der Waals surface area (Å²) in [7, 11) is 0. The molecule has 1 rings (SSSR count). The summed E-state index contributed by atoms with van der Waals surface area (Å²) in [6.07, 6.45) is 4.94. The Morgan fingerprint density at radius 3 is 2.73 bits per heavy atom. The highest BCUT2D eigenvalue weighted by Gasteiger charge is 2.28. The first-order valence-electron chi connectivity index (χ1n) is 5.37. The minimum atomic E-state index is -0.768. The van der Waals surface area contributed by atoms with Gasteiger partial charge in [0.15, 0.2) is 5.78 Å². The molecule has 0 aromatic carbocycles. The van der Waals surface area contributed by atoms with Gasteiger partial charge < -0.3 is 5.73 Å². The summed E-state index contributed by atoms with van der Waals surface area (Å²) < 4.78 is 1.73. The lowest BCUT2D eigenvalue weighted by Crippen LogP contribution is -2.44. The van der Waals surface area contributed by atoms with Gasteiger partial charge >= 0.3 is 0 Å². The van der Waals surface area contributed by atoms with Crippen LogP contribution in [-0.2, 0) is 6.54 Å². The molecule has 2 N–H and O–H groups in total. The molecule has 0 aliphatic rings. The number of hydrogen-bond acceptors (Lipinski definition) is 3. The van der Waals surface area contributed by atoms with Gasteiger partial charge in [0.25, 0.3) is 0 Å². The number of Topliss-reactive ketones (excluding diaryl/α,β-unsaturated/α-hetero) is 1. The van der Waals surface area contributed by atoms with Crippen molar-refractivity contribution in [2.45, 2.75) is 45.7 Å². The zero-order valence-electron chi connectivity index (χ0n) is 9.66. The second kappa shape index (κ2) is 4.57. The van der Waals surface area contributed by atoms with Crippen LogP contribution in [0.5, 0.6) is 0 Å². The molecule has 0 aliphatic carbocycles. The third-order valence-corrected chi connectivity index (χ3v) is 2.51. The molecule has 0 spiro atoms. The van der Waals surface area contributed by atoms with Crippen molar-refractivity contribution in [3.05, 3.63) is 18.0 Å². The van der Waals surface area contributed by atoms with E-state index in [0.29, 0.717) is 12.0 Å². The fraction of sp³-hybridized carbons (Fsp3) is 0.636. The first-order chi connectivity index (χ1) is 7.01. The minimum absolute atomic E-state index is 0.0240. The summed E-state index contributed by atoms with van der Waals surface area (Å²) in [5.74, 6) is -0.0240. The molecule has 1 heterocycles. The standard InChI is InChI=1S/C11H19N3O/c1-4-6-11(3,12)10(15)9-7-13-14(5-2)8-9/h7-8H,4-6,12H2,1-3H3. The third kappa shape index (κ3) is 2.65. The van der Waals surface area contributed by atoms with Crippen LogP contribution < -0.4 is 5.73 Å². The van der Waals surface area contributed by atoms with E-state index in [2.05, 4.69) is 5.10 Å². The number of aryl methyl sites for hydroxylation is 1. The van der Waals surface area contributed by atoms with Crippen molar-refractivity contribution < 1.29 is 4.79 Å². The van der Waals surface area contributed by atoms with E-state index >= 15 is 0 Å². The highest BCUT2D eigenvalue weighted by atomic mass is 16.1. The lowest BCUT2D eigenvalue weighted by molar-refractivity contribution is 0.0893. The number of aromatic nitrogens is 2. The van der Waals surface area contributed by atoms with Crippen LogP contribution in [0.25, 0.3) is 0 Å². The molecule has 1 atom stereocenters. The topological polar surface area (TPSA) is 60.9 Å². The van der Waals surface area contributed by atoms with E-state index in [-0.39, 0.29) is 5.78 Å². The lowest BCUT2D eigenvalue weighted by Gasteiger charge is -2.21. The van der Waals surface area contributed by atoms with Gasteiger partial charge in [0.2, 0.25) is 0 Å². The zero-order chi connectivity index (χ0) is 11.5. The van der Waals surface area contributed by atoms with Crippen LogP contribution in [0.2, 0.25) is 0 Å². The molecule has 4 heteroatoms. The monoisotopic (exact) mass is 209 g/mol. The fourth-order valence-electron chi connectivity index (χ4n) is 1.62. The maximum atomic E-state index is 12.0. The molecule has 0 amide bonds. The summed E-state index contributed by atoms with van der Waals surface area (Å²) in [4.78, 5) is 12.0. The van der Waals surface area contributed by atoms with Crippen molar-refractivity contribution in [3.63, 3.8) is 0 Å². The maximum absolute atomic E-state index is 12.0. The van der Waals surface area contributed by atoms with Crippen LogP contribution in [-0.4, -0.2) is 21.1 Å². The van der Waals surface area contributed by atoms with Crippen molar-refractivity contribution in [1.82, 2.24) is 9.78 Å². The van der Waals surface area contributed by atoms with Crippen LogP contribution in [0, 0.1) is 0 Å². The van der Waals surface area contributed by atoms with Gasteiger partial charge in [-0.15, -0.1) is 0 Å². The van der Waals surface area contributed by atoms with E-state index in [1.807, 2.05) is 13.8 Å². The Bertz CT molecular complexity index is 341. The van der Waals surface area contributed by atoms with Gasteiger partial charge in [0.1, 0.15) is 0 Å². The van der Waals surface area contributed by atoms with E-state index in [0.717, 1.165) is 13.0 Å². The summed E-state index contributed by atoms with van der Waals surface area (Å²) >= 11 is 0. The zero-order valence-corrected chi connectivity index (χ0v) is 9.66. The van der Waals surface area contributed by atoms with Gasteiger partial charge in [-0.3, -0.25) is 9.48 Å². The number of carbonyl (C=O) groups excluding carboxylic acids is 1. The van der Waals surface area contributed by atoms with Crippen molar-refractivity contribution in [2.75, 3.05) is 0 Å². The number of nitrogens with two attached hydrogens (primary N) is 1. The van der Waals surface area contributed by atoms with Gasteiger partial charge in [0, 0.05) is 12.7 Å². The molecule has 1 aromatic heterocycles. The highest BCUT2D eigenvalue weighted by molar-refractivity contribution is 6.02. The van der Waals surface area contributed by atoms with Crippen molar-refractivity contribution in [1.29, 1.82) is 0 Å². The minimum Gasteiger partial charge on any atom is -0.319 e. The normalized spacial score (nSPS) is 14.9. The Labute approximate surface area is 90.5 Å². The molecular formula is C11H19N3O. The molecule has 4 nitrogen and oxygen atoms in total. The predicted octanol–water partition coefficient (Wildman–Crippen LogP) is 1.60. The SMILES string of the molecule is CCCC(C)(N)C(=O)c1cnn(CC)c1. The van der Waals surface area contributed by atoms with Gasteiger partial charge in [-0.05, 0) is 20.3 Å². The highest BCUT2D eigenvalue weighted by Crippen LogP contribution is 2.15. The average Bonchev–Trinajstić information content (AvgIpc) is 2.64. The summed E-state index contributed by atoms with van der Waals surface area (Å²) in [5.41, 5.74) is 5.81. The Kier molecular flexibility index (Phi) is 3.63. The lowest BCUT2D eigenvalue weighted by atomic mass is 9.89. The van der Waals surface area contributed by atoms with Crippen molar-refractivity contribution >= 4 is 5.78 Å². The van der Waals surface area contributed by atoms with E-state index < -0.39 is 5.54 Å². The summed E-state index contributed by atoms with van der Waals surface area (Å²) in [5, 5.41) is 4.07. The molecule has 0 radical (unpaired) electrons. The quantitative estimate of drug-likeness (QED) is 0.749. The van der Waals surface area contributed by atoms with Crippen molar-refractivity contribution in [2.24, 2.45) is 5.73 Å². The van der Waals surface area contributed by atoms with Gasteiger partial charge in [0.05, 0.1) is 17.3 Å². The van der Waals surface area contributed by atoms with E-state index in [1.54, 1.807) is 24.0 Å². The number of nitrogens with zero attached hydrogens (tertiary/aromatic N) is 2. The fourth-order valence-corrected chi connectivity index (χ4v) is 1.62. The van der Waals surface area contributed by atoms with Gasteiger partial charge in [-0.25, -0.2) is 0 Å². The van der Waals surface area contributed by atoms with Crippen LogP contribution in [0.1, 0.15) is 44.0 Å². The molecule has 0 fully saturated rings. The third-order valence-electron chi connectivity index (χ3n) is 2.51. The number of rotatable bonds is 5. The molecular weight excluding hydrogens is 190 g/mol. The van der Waals surface area contributed by atoms with Gasteiger partial charge in [-0.2, -0.15) is 5.10 Å². The second-order valence-corrected chi connectivity index (χ2v) is 4.08. The average molecular weight is 209 g/mol. The van der Waals surface area contributed by atoms with Crippen LogP contribution in [0.15, 0.2) is 12.4 Å². The number of ketones is 1. The largest absolute Gasteiger partial charge is 0.319 e. The maximum Gasteiger partial charge on any atom is 0.185 e. The molecule has 1 aromatic rings.